The summed E-state index contributed by atoms with van der Waals surface area (Å²) in [6.07, 6.45) is 4.52. The van der Waals surface area contributed by atoms with Crippen LogP contribution in [0.1, 0.15) is 45.1 Å². The van der Waals surface area contributed by atoms with E-state index in [1.54, 1.807) is 6.07 Å². The third-order valence-electron chi connectivity index (χ3n) is 3.22. The molecule has 2 rings (SSSR count). The van der Waals surface area contributed by atoms with E-state index < -0.39 is 0 Å². The van der Waals surface area contributed by atoms with E-state index in [0.717, 1.165) is 18.4 Å². The summed E-state index contributed by atoms with van der Waals surface area (Å²) in [5.74, 6) is 0.166. The minimum absolute atomic E-state index is 0.0616. The van der Waals surface area contributed by atoms with Crippen molar-refractivity contribution < 1.29 is 9.13 Å². The Hall–Kier alpha value is -1.09. The molecule has 1 aromatic carbocycles. The zero-order valence-corrected chi connectivity index (χ0v) is 11.2. The summed E-state index contributed by atoms with van der Waals surface area (Å²) in [7, 11) is 0. The zero-order valence-electron chi connectivity index (χ0n) is 11.2. The molecule has 100 valence electrons. The Morgan fingerprint density at radius 3 is 2.89 bits per heavy atom. The number of para-hydroxylation sites is 1. The Balaban J connectivity index is 2.04. The third-order valence-corrected chi connectivity index (χ3v) is 3.22. The summed E-state index contributed by atoms with van der Waals surface area (Å²) >= 11 is 0. The Labute approximate surface area is 109 Å². The highest BCUT2D eigenvalue weighted by molar-refractivity contribution is 5.35. The van der Waals surface area contributed by atoms with E-state index in [9.17, 15) is 4.39 Å². The lowest BCUT2D eigenvalue weighted by Crippen LogP contribution is -2.18. The van der Waals surface area contributed by atoms with Gasteiger partial charge in [-0.15, -0.1) is 0 Å². The molecule has 1 aliphatic carbocycles. The molecule has 1 atom stereocenters. The minimum Gasteiger partial charge on any atom is -0.487 e. The van der Waals surface area contributed by atoms with Crippen molar-refractivity contribution in [2.45, 2.75) is 58.2 Å². The fourth-order valence-corrected chi connectivity index (χ4v) is 2.03. The molecule has 1 N–H and O–H groups in total. The molecule has 18 heavy (non-hydrogen) atoms. The van der Waals surface area contributed by atoms with Gasteiger partial charge in [0.1, 0.15) is 0 Å². The number of ether oxygens (including phenoxy) is 1. The van der Waals surface area contributed by atoms with Crippen LogP contribution in [0, 0.1) is 5.82 Å². The van der Waals surface area contributed by atoms with Gasteiger partial charge < -0.3 is 10.1 Å². The van der Waals surface area contributed by atoms with Gasteiger partial charge in [-0.1, -0.05) is 25.5 Å². The highest BCUT2D eigenvalue weighted by Crippen LogP contribution is 2.26. The number of benzene rings is 1. The average Bonchev–Trinajstić information content (AvgIpc) is 3.14. The molecule has 1 aliphatic rings. The predicted octanol–water partition coefficient (Wildman–Crippen LogP) is 3.65. The van der Waals surface area contributed by atoms with E-state index in [-0.39, 0.29) is 11.9 Å². The van der Waals surface area contributed by atoms with Crippen LogP contribution in [0.2, 0.25) is 0 Å². The van der Waals surface area contributed by atoms with Crippen molar-refractivity contribution in [2.75, 3.05) is 0 Å². The van der Waals surface area contributed by atoms with Crippen molar-refractivity contribution in [2.24, 2.45) is 0 Å². The zero-order chi connectivity index (χ0) is 13.0. The van der Waals surface area contributed by atoms with Crippen molar-refractivity contribution in [3.8, 4) is 5.75 Å². The predicted molar refractivity (Wildman–Crippen MR) is 71.3 cm³/mol. The highest BCUT2D eigenvalue weighted by Gasteiger charge is 2.21. The van der Waals surface area contributed by atoms with Gasteiger partial charge in [-0.2, -0.15) is 0 Å². The molecule has 1 fully saturated rings. The van der Waals surface area contributed by atoms with Gasteiger partial charge in [0.2, 0.25) is 0 Å². The number of hydrogen-bond acceptors (Lipinski definition) is 2. The second-order valence-electron chi connectivity index (χ2n) is 5.10. The van der Waals surface area contributed by atoms with Gasteiger partial charge in [0.05, 0.1) is 6.10 Å². The van der Waals surface area contributed by atoms with Crippen LogP contribution in [0.3, 0.4) is 0 Å². The first-order chi connectivity index (χ1) is 8.70. The van der Waals surface area contributed by atoms with Crippen LogP contribution < -0.4 is 10.1 Å². The monoisotopic (exact) mass is 251 g/mol. The van der Waals surface area contributed by atoms with Crippen molar-refractivity contribution in [3.05, 3.63) is 29.6 Å². The molecule has 1 saturated carbocycles. The first-order valence-corrected chi connectivity index (χ1v) is 6.88. The summed E-state index contributed by atoms with van der Waals surface area (Å²) in [4.78, 5) is 0. The van der Waals surface area contributed by atoms with Crippen molar-refractivity contribution in [1.82, 2.24) is 5.32 Å². The molecular weight excluding hydrogens is 229 g/mol. The van der Waals surface area contributed by atoms with Crippen molar-refractivity contribution in [1.29, 1.82) is 0 Å². The maximum absolute atomic E-state index is 13.8. The molecule has 0 aromatic heterocycles. The molecule has 1 aromatic rings. The minimum atomic E-state index is -0.256. The van der Waals surface area contributed by atoms with Crippen LogP contribution in [0.5, 0.6) is 5.75 Å². The number of halogens is 1. The molecule has 0 saturated heterocycles. The van der Waals surface area contributed by atoms with Gasteiger partial charge in [0.25, 0.3) is 0 Å². The van der Waals surface area contributed by atoms with E-state index in [1.807, 2.05) is 13.0 Å². The Kier molecular flexibility index (Phi) is 4.59. The topological polar surface area (TPSA) is 21.3 Å². The van der Waals surface area contributed by atoms with Gasteiger partial charge in [-0.25, -0.2) is 4.39 Å². The second-order valence-corrected chi connectivity index (χ2v) is 5.10. The fourth-order valence-electron chi connectivity index (χ4n) is 2.03. The van der Waals surface area contributed by atoms with E-state index in [0.29, 0.717) is 18.3 Å². The van der Waals surface area contributed by atoms with E-state index in [1.165, 1.54) is 18.9 Å². The summed E-state index contributed by atoms with van der Waals surface area (Å²) < 4.78 is 19.6. The fraction of sp³-hybridized carbons (Fsp3) is 0.600. The summed E-state index contributed by atoms with van der Waals surface area (Å²) in [5, 5.41) is 3.40. The normalized spacial score (nSPS) is 16.6. The summed E-state index contributed by atoms with van der Waals surface area (Å²) in [5.41, 5.74) is 0.921. The smallest absolute Gasteiger partial charge is 0.165 e. The third kappa shape index (κ3) is 3.70. The van der Waals surface area contributed by atoms with E-state index >= 15 is 0 Å². The summed E-state index contributed by atoms with van der Waals surface area (Å²) in [6.45, 7) is 4.79. The Morgan fingerprint density at radius 2 is 2.22 bits per heavy atom. The Morgan fingerprint density at radius 1 is 1.44 bits per heavy atom. The molecule has 0 amide bonds. The van der Waals surface area contributed by atoms with Gasteiger partial charge in [0, 0.05) is 18.2 Å². The van der Waals surface area contributed by atoms with Crippen LogP contribution in [0.15, 0.2) is 18.2 Å². The van der Waals surface area contributed by atoms with Gasteiger partial charge in [-0.05, 0) is 32.3 Å². The maximum Gasteiger partial charge on any atom is 0.165 e. The molecule has 3 heteroatoms. The van der Waals surface area contributed by atoms with E-state index in [4.69, 9.17) is 4.74 Å². The lowest BCUT2D eigenvalue weighted by Gasteiger charge is -2.18. The van der Waals surface area contributed by atoms with Gasteiger partial charge in [0.15, 0.2) is 11.6 Å². The highest BCUT2D eigenvalue weighted by atomic mass is 19.1. The average molecular weight is 251 g/mol. The van der Waals surface area contributed by atoms with Crippen LogP contribution >= 0.6 is 0 Å². The quantitative estimate of drug-likeness (QED) is 0.798. The molecule has 0 radical (unpaired) electrons. The molecule has 0 spiro atoms. The number of hydrogen-bond donors (Lipinski definition) is 1. The molecule has 0 bridgehead atoms. The van der Waals surface area contributed by atoms with Crippen LogP contribution in [0.25, 0.3) is 0 Å². The summed E-state index contributed by atoms with van der Waals surface area (Å²) in [6, 6.07) is 5.77. The molecule has 1 unspecified atom stereocenters. The SMILES string of the molecule is CCCC(C)Oc1c(F)cccc1CNC1CC1. The standard InChI is InChI=1S/C15H22FNO/c1-3-5-11(2)18-15-12(6-4-7-14(15)16)10-17-13-8-9-13/h4,6-7,11,13,17H,3,5,8-10H2,1-2H3. The number of nitrogens with one attached hydrogen (secondary N) is 1. The molecule has 0 aliphatic heterocycles. The van der Waals surface area contributed by atoms with Crippen LogP contribution in [0.4, 0.5) is 4.39 Å². The van der Waals surface area contributed by atoms with Crippen molar-refractivity contribution >= 4 is 0 Å². The second kappa shape index (κ2) is 6.19. The molecule has 2 nitrogen and oxygen atoms in total. The first-order valence-electron chi connectivity index (χ1n) is 6.88. The van der Waals surface area contributed by atoms with Gasteiger partial charge in [-0.3, -0.25) is 0 Å². The van der Waals surface area contributed by atoms with Crippen LogP contribution in [-0.4, -0.2) is 12.1 Å². The lowest BCUT2D eigenvalue weighted by molar-refractivity contribution is 0.198. The lowest BCUT2D eigenvalue weighted by atomic mass is 10.1. The first kappa shape index (κ1) is 13.3. The Bertz CT molecular complexity index is 390. The maximum atomic E-state index is 13.8. The molecular formula is C15H22FNO. The van der Waals surface area contributed by atoms with Crippen LogP contribution in [-0.2, 0) is 6.54 Å². The largest absolute Gasteiger partial charge is 0.487 e. The number of rotatable bonds is 7. The van der Waals surface area contributed by atoms with Crippen molar-refractivity contribution in [3.63, 3.8) is 0 Å². The van der Waals surface area contributed by atoms with Gasteiger partial charge >= 0.3 is 0 Å². The van der Waals surface area contributed by atoms with E-state index in [2.05, 4.69) is 12.2 Å². The molecule has 0 heterocycles.